The van der Waals surface area contributed by atoms with Crippen LogP contribution < -0.4 is 5.32 Å². The van der Waals surface area contributed by atoms with Crippen LogP contribution in [0.2, 0.25) is 0 Å². The molecule has 1 amide bonds. The van der Waals surface area contributed by atoms with E-state index < -0.39 is 0 Å². The molecule has 0 fully saturated rings. The summed E-state index contributed by atoms with van der Waals surface area (Å²) in [7, 11) is 1.82. The van der Waals surface area contributed by atoms with Crippen molar-refractivity contribution in [3.63, 3.8) is 0 Å². The lowest BCUT2D eigenvalue weighted by molar-refractivity contribution is 0.102. The number of nitrogens with one attached hydrogen (secondary N) is 1. The van der Waals surface area contributed by atoms with Gasteiger partial charge in [0.2, 0.25) is 0 Å². The summed E-state index contributed by atoms with van der Waals surface area (Å²) in [6, 6.07) is 3.84. The topological polar surface area (TPSA) is 59.8 Å². The molecule has 21 heavy (non-hydrogen) atoms. The van der Waals surface area contributed by atoms with Gasteiger partial charge >= 0.3 is 0 Å². The molecular formula is C16H22N4O. The fourth-order valence-corrected chi connectivity index (χ4v) is 2.22. The molecule has 112 valence electrons. The minimum Gasteiger partial charge on any atom is -0.306 e. The van der Waals surface area contributed by atoms with Gasteiger partial charge in [-0.3, -0.25) is 9.48 Å². The Labute approximate surface area is 125 Å². The Morgan fingerprint density at radius 2 is 2.10 bits per heavy atom. The van der Waals surface area contributed by atoms with E-state index in [4.69, 9.17) is 0 Å². The number of carbonyl (C=O) groups excluding carboxylic acids is 1. The molecule has 0 bridgehead atoms. The van der Waals surface area contributed by atoms with E-state index in [-0.39, 0.29) is 11.3 Å². The molecule has 2 heterocycles. The van der Waals surface area contributed by atoms with Crippen LogP contribution in [-0.4, -0.2) is 20.7 Å². The van der Waals surface area contributed by atoms with Crippen molar-refractivity contribution in [2.24, 2.45) is 7.05 Å². The van der Waals surface area contributed by atoms with E-state index in [1.165, 1.54) is 0 Å². The van der Waals surface area contributed by atoms with Crippen LogP contribution in [0.3, 0.4) is 0 Å². The van der Waals surface area contributed by atoms with E-state index in [1.807, 2.05) is 46.9 Å². The standard InChI is InChI=1S/C16H22N4O/c1-6-11-8-7-9-17-14(11)18-15(21)12-10-20(5)19-13(12)16(2,3)4/h7-10H,6H2,1-5H3,(H,17,18,21). The van der Waals surface area contributed by atoms with Gasteiger partial charge in [-0.15, -0.1) is 0 Å². The molecule has 1 N–H and O–H groups in total. The summed E-state index contributed by atoms with van der Waals surface area (Å²) in [6.45, 7) is 8.18. The number of pyridine rings is 1. The first-order chi connectivity index (χ1) is 9.82. The zero-order valence-corrected chi connectivity index (χ0v) is 13.3. The van der Waals surface area contributed by atoms with E-state index in [0.29, 0.717) is 11.4 Å². The van der Waals surface area contributed by atoms with Crippen LogP contribution >= 0.6 is 0 Å². The molecule has 2 rings (SSSR count). The van der Waals surface area contributed by atoms with Crippen molar-refractivity contribution < 1.29 is 4.79 Å². The van der Waals surface area contributed by atoms with Crippen molar-refractivity contribution in [3.05, 3.63) is 41.3 Å². The summed E-state index contributed by atoms with van der Waals surface area (Å²) in [5, 5.41) is 7.32. The fourth-order valence-electron chi connectivity index (χ4n) is 2.22. The average molecular weight is 286 g/mol. The van der Waals surface area contributed by atoms with Crippen LogP contribution in [0.5, 0.6) is 0 Å². The molecule has 0 saturated heterocycles. The van der Waals surface area contributed by atoms with E-state index >= 15 is 0 Å². The van der Waals surface area contributed by atoms with Crippen molar-refractivity contribution in [1.82, 2.24) is 14.8 Å². The number of nitrogens with zero attached hydrogens (tertiary/aromatic N) is 3. The number of carbonyl (C=O) groups is 1. The lowest BCUT2D eigenvalue weighted by Gasteiger charge is -2.17. The van der Waals surface area contributed by atoms with Crippen LogP contribution in [0.1, 0.15) is 49.3 Å². The number of amides is 1. The molecule has 0 spiro atoms. The number of hydrogen-bond donors (Lipinski definition) is 1. The number of rotatable bonds is 3. The zero-order valence-electron chi connectivity index (χ0n) is 13.3. The predicted octanol–water partition coefficient (Wildman–Crippen LogP) is 2.93. The Bertz CT molecular complexity index is 653. The minimum atomic E-state index is -0.189. The van der Waals surface area contributed by atoms with Gasteiger partial charge < -0.3 is 5.32 Å². The first-order valence-electron chi connectivity index (χ1n) is 7.12. The molecule has 2 aromatic rings. The Balaban J connectivity index is 2.33. The second-order valence-electron chi connectivity index (χ2n) is 6.13. The van der Waals surface area contributed by atoms with Crippen molar-refractivity contribution >= 4 is 11.7 Å². The predicted molar refractivity (Wildman–Crippen MR) is 83.5 cm³/mol. The monoisotopic (exact) mass is 286 g/mol. The largest absolute Gasteiger partial charge is 0.306 e. The second kappa shape index (κ2) is 5.68. The third-order valence-corrected chi connectivity index (χ3v) is 3.29. The zero-order chi connectivity index (χ0) is 15.6. The van der Waals surface area contributed by atoms with Gasteiger partial charge in [0, 0.05) is 24.9 Å². The van der Waals surface area contributed by atoms with Crippen LogP contribution in [0.15, 0.2) is 24.5 Å². The first-order valence-corrected chi connectivity index (χ1v) is 7.12. The highest BCUT2D eigenvalue weighted by Crippen LogP contribution is 2.25. The van der Waals surface area contributed by atoms with Gasteiger partial charge in [-0.05, 0) is 18.1 Å². The second-order valence-corrected chi connectivity index (χ2v) is 6.13. The third-order valence-electron chi connectivity index (χ3n) is 3.29. The third kappa shape index (κ3) is 3.29. The van der Waals surface area contributed by atoms with E-state index in [1.54, 1.807) is 17.1 Å². The lowest BCUT2D eigenvalue weighted by Crippen LogP contribution is -2.21. The van der Waals surface area contributed by atoms with Gasteiger partial charge in [-0.25, -0.2) is 4.98 Å². The number of anilines is 1. The van der Waals surface area contributed by atoms with Crippen molar-refractivity contribution in [2.75, 3.05) is 5.32 Å². The van der Waals surface area contributed by atoms with E-state index in [9.17, 15) is 4.79 Å². The van der Waals surface area contributed by atoms with Crippen LogP contribution in [0, 0.1) is 0 Å². The summed E-state index contributed by atoms with van der Waals surface area (Å²) >= 11 is 0. The average Bonchev–Trinajstić information content (AvgIpc) is 2.81. The number of aryl methyl sites for hydroxylation is 2. The van der Waals surface area contributed by atoms with Crippen molar-refractivity contribution in [1.29, 1.82) is 0 Å². The highest BCUT2D eigenvalue weighted by atomic mass is 16.1. The highest BCUT2D eigenvalue weighted by molar-refractivity contribution is 6.05. The Kier molecular flexibility index (Phi) is 4.11. The molecule has 2 aromatic heterocycles. The summed E-state index contributed by atoms with van der Waals surface area (Å²) in [6.07, 6.45) is 4.26. The first kappa shape index (κ1) is 15.2. The maximum Gasteiger partial charge on any atom is 0.260 e. The molecule has 0 aliphatic rings. The van der Waals surface area contributed by atoms with Gasteiger partial charge in [-0.2, -0.15) is 5.10 Å². The summed E-state index contributed by atoms with van der Waals surface area (Å²) in [4.78, 5) is 16.8. The van der Waals surface area contributed by atoms with Gasteiger partial charge in [0.05, 0.1) is 11.3 Å². The molecule has 0 radical (unpaired) electrons. The molecule has 0 aliphatic carbocycles. The van der Waals surface area contributed by atoms with Crippen LogP contribution in [-0.2, 0) is 18.9 Å². The maximum absolute atomic E-state index is 12.6. The smallest absolute Gasteiger partial charge is 0.260 e. The van der Waals surface area contributed by atoms with Crippen LogP contribution in [0.25, 0.3) is 0 Å². The molecule has 5 nitrogen and oxygen atoms in total. The van der Waals surface area contributed by atoms with E-state index in [2.05, 4.69) is 15.4 Å². The van der Waals surface area contributed by atoms with Crippen LogP contribution in [0.4, 0.5) is 5.82 Å². The molecule has 0 saturated carbocycles. The van der Waals surface area contributed by atoms with Gasteiger partial charge in [-0.1, -0.05) is 33.8 Å². The summed E-state index contributed by atoms with van der Waals surface area (Å²) in [5.41, 5.74) is 2.22. The normalized spacial score (nSPS) is 11.5. The van der Waals surface area contributed by atoms with Crippen molar-refractivity contribution in [3.8, 4) is 0 Å². The van der Waals surface area contributed by atoms with Gasteiger partial charge in [0.15, 0.2) is 0 Å². The summed E-state index contributed by atoms with van der Waals surface area (Å²) < 4.78 is 1.68. The number of hydrogen-bond acceptors (Lipinski definition) is 3. The molecule has 0 aliphatic heterocycles. The maximum atomic E-state index is 12.6. The molecule has 5 heteroatoms. The Hall–Kier alpha value is -2.17. The summed E-state index contributed by atoms with van der Waals surface area (Å²) in [5.74, 6) is 0.454. The van der Waals surface area contributed by atoms with E-state index in [0.717, 1.165) is 17.7 Å². The lowest BCUT2D eigenvalue weighted by atomic mass is 9.89. The molecule has 0 atom stereocenters. The van der Waals surface area contributed by atoms with Crippen molar-refractivity contribution in [2.45, 2.75) is 39.5 Å². The quantitative estimate of drug-likeness (QED) is 0.943. The fraction of sp³-hybridized carbons (Fsp3) is 0.438. The minimum absolute atomic E-state index is 0.165. The number of aromatic nitrogens is 3. The SMILES string of the molecule is CCc1cccnc1NC(=O)c1cn(C)nc1C(C)(C)C. The Morgan fingerprint density at radius 3 is 2.71 bits per heavy atom. The van der Waals surface area contributed by atoms with Gasteiger partial charge in [0.1, 0.15) is 5.82 Å². The molecular weight excluding hydrogens is 264 g/mol. The van der Waals surface area contributed by atoms with Gasteiger partial charge in [0.25, 0.3) is 5.91 Å². The molecule has 0 unspecified atom stereocenters. The Morgan fingerprint density at radius 1 is 1.38 bits per heavy atom. The molecule has 0 aromatic carbocycles. The highest BCUT2D eigenvalue weighted by Gasteiger charge is 2.26.